The van der Waals surface area contributed by atoms with Crippen LogP contribution >= 0.6 is 23.2 Å². The zero-order valence-corrected chi connectivity index (χ0v) is 22.5. The maximum Gasteiger partial charge on any atom is 0.248 e. The van der Waals surface area contributed by atoms with Gasteiger partial charge in [0.05, 0.1) is 22.4 Å². The van der Waals surface area contributed by atoms with Gasteiger partial charge in [0.1, 0.15) is 17.3 Å². The molecule has 1 aromatic carbocycles. The fraction of sp³-hybridized carbons (Fsp3) is 0.696. The topological polar surface area (TPSA) is 79.4 Å². The third kappa shape index (κ3) is 6.77. The van der Waals surface area contributed by atoms with Crippen molar-refractivity contribution in [2.75, 3.05) is 66.6 Å². The van der Waals surface area contributed by atoms with Gasteiger partial charge < -0.3 is 19.3 Å². The third-order valence-corrected chi connectivity index (χ3v) is 9.91. The highest BCUT2D eigenvalue weighted by atomic mass is 35.5. The second-order valence-electron chi connectivity index (χ2n) is 9.07. The highest BCUT2D eigenvalue weighted by Crippen LogP contribution is 2.36. The minimum absolute atomic E-state index is 0.0201. The number of carbonyl (C=O) groups is 1. The molecular formula is C23H35Cl2N3O5S. The first-order valence-electron chi connectivity index (χ1n) is 11.7. The number of carbonyl (C=O) groups excluding carboxylic acids is 1. The molecule has 192 valence electrons. The van der Waals surface area contributed by atoms with E-state index in [0.717, 1.165) is 26.2 Å². The summed E-state index contributed by atoms with van der Waals surface area (Å²) in [6.07, 6.45) is 2.58. The lowest BCUT2D eigenvalue weighted by Crippen LogP contribution is -2.54. The molecule has 0 bridgehead atoms. The van der Waals surface area contributed by atoms with Crippen LogP contribution in [-0.2, 0) is 19.4 Å². The van der Waals surface area contributed by atoms with Gasteiger partial charge in [-0.05, 0) is 46.3 Å². The van der Waals surface area contributed by atoms with Gasteiger partial charge in [-0.1, -0.05) is 23.2 Å². The molecule has 2 saturated heterocycles. The fourth-order valence-corrected chi connectivity index (χ4v) is 7.06. The number of likely N-dealkylation sites (tertiary alicyclic amines) is 1. The Bertz CT molecular complexity index is 923. The quantitative estimate of drug-likeness (QED) is 0.449. The number of piperidine rings is 1. The summed E-state index contributed by atoms with van der Waals surface area (Å²) in [7, 11) is -0.160. The van der Waals surface area contributed by atoms with Gasteiger partial charge in [0.2, 0.25) is 5.91 Å². The normalized spacial score (nSPS) is 19.9. The smallest absolute Gasteiger partial charge is 0.248 e. The van der Waals surface area contributed by atoms with E-state index in [2.05, 4.69) is 16.8 Å². The lowest BCUT2D eigenvalue weighted by molar-refractivity contribution is -0.138. The maximum atomic E-state index is 13.0. The van der Waals surface area contributed by atoms with Crippen molar-refractivity contribution in [3.63, 3.8) is 0 Å². The second kappa shape index (κ2) is 12.2. The molecule has 1 aromatic rings. The number of ether oxygens (including phenoxy) is 2. The van der Waals surface area contributed by atoms with E-state index >= 15 is 0 Å². The minimum atomic E-state index is -3.77. The largest absolute Gasteiger partial charge is 0.497 e. The van der Waals surface area contributed by atoms with Crippen LogP contribution < -0.4 is 4.74 Å². The van der Waals surface area contributed by atoms with E-state index in [1.54, 1.807) is 6.92 Å². The minimum Gasteiger partial charge on any atom is -0.497 e. The average Bonchev–Trinajstić information content (AvgIpc) is 2.81. The lowest BCUT2D eigenvalue weighted by atomic mass is 10.0. The Labute approximate surface area is 213 Å². The van der Waals surface area contributed by atoms with Gasteiger partial charge in [-0.15, -0.1) is 0 Å². The van der Waals surface area contributed by atoms with Crippen LogP contribution in [-0.4, -0.2) is 107 Å². The van der Waals surface area contributed by atoms with E-state index in [-0.39, 0.29) is 40.5 Å². The monoisotopic (exact) mass is 535 g/mol. The van der Waals surface area contributed by atoms with Crippen molar-refractivity contribution in [2.24, 2.45) is 0 Å². The number of rotatable bonds is 9. The van der Waals surface area contributed by atoms with Gasteiger partial charge in [0.25, 0.3) is 0 Å². The molecule has 1 amide bonds. The molecule has 1 unspecified atom stereocenters. The molecule has 3 rings (SSSR count). The van der Waals surface area contributed by atoms with Gasteiger partial charge in [-0.3, -0.25) is 9.69 Å². The van der Waals surface area contributed by atoms with E-state index in [9.17, 15) is 13.2 Å². The first kappa shape index (κ1) is 27.5. The first-order chi connectivity index (χ1) is 16.1. The second-order valence-corrected chi connectivity index (χ2v) is 12.2. The summed E-state index contributed by atoms with van der Waals surface area (Å²) in [5.74, 6) is 0.329. The summed E-state index contributed by atoms with van der Waals surface area (Å²) < 4.78 is 36.6. The molecule has 0 spiro atoms. The highest BCUT2D eigenvalue weighted by molar-refractivity contribution is 7.92. The molecule has 0 N–H and O–H groups in total. The number of amides is 1. The molecule has 34 heavy (non-hydrogen) atoms. The van der Waals surface area contributed by atoms with Crippen molar-refractivity contribution in [1.29, 1.82) is 0 Å². The molecule has 2 aliphatic heterocycles. The predicted molar refractivity (Wildman–Crippen MR) is 134 cm³/mol. The van der Waals surface area contributed by atoms with Crippen molar-refractivity contribution in [2.45, 2.75) is 42.4 Å². The summed E-state index contributed by atoms with van der Waals surface area (Å²) in [4.78, 5) is 19.1. The molecule has 2 fully saturated rings. The Morgan fingerprint density at radius 2 is 1.68 bits per heavy atom. The molecule has 2 aliphatic rings. The Hall–Kier alpha value is -1.10. The van der Waals surface area contributed by atoms with Crippen LogP contribution in [0.2, 0.25) is 10.0 Å². The van der Waals surface area contributed by atoms with Gasteiger partial charge in [0, 0.05) is 51.0 Å². The van der Waals surface area contributed by atoms with Crippen molar-refractivity contribution < 1.29 is 22.7 Å². The van der Waals surface area contributed by atoms with Crippen LogP contribution in [0.5, 0.6) is 5.75 Å². The summed E-state index contributed by atoms with van der Waals surface area (Å²) in [5, 5.41) is -0.734. The molecule has 0 radical (unpaired) electrons. The van der Waals surface area contributed by atoms with Gasteiger partial charge in [-0.25, -0.2) is 8.42 Å². The molecule has 0 saturated carbocycles. The molecule has 8 nitrogen and oxygen atoms in total. The number of hydrogen-bond donors (Lipinski definition) is 0. The Morgan fingerprint density at radius 3 is 2.24 bits per heavy atom. The van der Waals surface area contributed by atoms with E-state index in [0.29, 0.717) is 24.9 Å². The van der Waals surface area contributed by atoms with Gasteiger partial charge in [-0.2, -0.15) is 0 Å². The predicted octanol–water partition coefficient (Wildman–Crippen LogP) is 2.81. The van der Waals surface area contributed by atoms with E-state index < -0.39 is 15.1 Å². The van der Waals surface area contributed by atoms with Gasteiger partial charge in [0.15, 0.2) is 9.84 Å². The standard InChI is InChI=1S/C23H35Cl2N3O5S/c1-17(34(30,31)23-20(24)14-19(32-3)15-21(23)25)6-13-33-16-22(29)28-11-9-27(10-12-28)18-4-7-26(2)8-5-18/h14-15,17-18H,4-13,16H2,1-3H3. The lowest BCUT2D eigenvalue weighted by Gasteiger charge is -2.42. The summed E-state index contributed by atoms with van der Waals surface area (Å²) in [6, 6.07) is 3.46. The molecule has 0 aliphatic carbocycles. The Kier molecular flexibility index (Phi) is 9.89. The average molecular weight is 537 g/mol. The van der Waals surface area contributed by atoms with Crippen LogP contribution in [0.4, 0.5) is 0 Å². The SMILES string of the molecule is COc1cc(Cl)c(S(=O)(=O)C(C)CCOCC(=O)N2CCN(C3CCN(C)CC3)CC2)c(Cl)c1. The molecule has 1 atom stereocenters. The van der Waals surface area contributed by atoms with Crippen LogP contribution in [0, 0.1) is 0 Å². The molecule has 11 heteroatoms. The number of methoxy groups -OCH3 is 1. The van der Waals surface area contributed by atoms with E-state index in [1.807, 2.05) is 4.90 Å². The molecule has 2 heterocycles. The van der Waals surface area contributed by atoms with Gasteiger partial charge >= 0.3 is 0 Å². The number of halogens is 2. The summed E-state index contributed by atoms with van der Waals surface area (Å²) >= 11 is 12.3. The summed E-state index contributed by atoms with van der Waals surface area (Å²) in [5.41, 5.74) is 0. The highest BCUT2D eigenvalue weighted by Gasteiger charge is 2.30. The van der Waals surface area contributed by atoms with E-state index in [4.69, 9.17) is 32.7 Å². The van der Waals surface area contributed by atoms with Crippen LogP contribution in [0.15, 0.2) is 17.0 Å². The molecule has 0 aromatic heterocycles. The van der Waals surface area contributed by atoms with Crippen molar-refractivity contribution in [1.82, 2.24) is 14.7 Å². The number of nitrogens with zero attached hydrogens (tertiary/aromatic N) is 3. The number of piperazine rings is 1. The first-order valence-corrected chi connectivity index (χ1v) is 14.0. The van der Waals surface area contributed by atoms with Crippen molar-refractivity contribution >= 4 is 38.9 Å². The van der Waals surface area contributed by atoms with Crippen molar-refractivity contribution in [3.05, 3.63) is 22.2 Å². The Morgan fingerprint density at radius 1 is 1.09 bits per heavy atom. The van der Waals surface area contributed by atoms with Crippen LogP contribution in [0.3, 0.4) is 0 Å². The summed E-state index contributed by atoms with van der Waals surface area (Å²) in [6.45, 7) is 7.11. The number of benzene rings is 1. The fourth-order valence-electron chi connectivity index (χ4n) is 4.48. The van der Waals surface area contributed by atoms with E-state index in [1.165, 1.54) is 32.1 Å². The number of hydrogen-bond acceptors (Lipinski definition) is 7. The van der Waals surface area contributed by atoms with Crippen LogP contribution in [0.1, 0.15) is 26.2 Å². The third-order valence-electron chi connectivity index (χ3n) is 6.79. The zero-order valence-electron chi connectivity index (χ0n) is 20.1. The van der Waals surface area contributed by atoms with Crippen LogP contribution in [0.25, 0.3) is 0 Å². The van der Waals surface area contributed by atoms with Crippen molar-refractivity contribution in [3.8, 4) is 5.75 Å². The Balaban J connectivity index is 1.42. The number of sulfone groups is 1. The molecular weight excluding hydrogens is 501 g/mol. The maximum absolute atomic E-state index is 13.0. The zero-order chi connectivity index (χ0) is 24.9.